The van der Waals surface area contributed by atoms with Gasteiger partial charge in [0.15, 0.2) is 0 Å². The summed E-state index contributed by atoms with van der Waals surface area (Å²) in [6.07, 6.45) is 18.5. The molecule has 3 atom stereocenters. The van der Waals surface area contributed by atoms with E-state index < -0.39 is 0 Å². The zero-order valence-electron chi connectivity index (χ0n) is 21.6. The molecule has 0 aromatic carbocycles. The first-order chi connectivity index (χ1) is 13.0. The summed E-state index contributed by atoms with van der Waals surface area (Å²) in [4.78, 5) is 0. The molecule has 0 radical (unpaired) electrons. The highest BCUT2D eigenvalue weighted by Crippen LogP contribution is 2.33. The van der Waals surface area contributed by atoms with Crippen molar-refractivity contribution >= 4 is 0 Å². The van der Waals surface area contributed by atoms with Gasteiger partial charge in [-0.2, -0.15) is 0 Å². The van der Waals surface area contributed by atoms with Gasteiger partial charge in [0.25, 0.3) is 0 Å². The molecule has 0 saturated carbocycles. The van der Waals surface area contributed by atoms with Crippen molar-refractivity contribution in [3.63, 3.8) is 0 Å². The van der Waals surface area contributed by atoms with Gasteiger partial charge in [0.2, 0.25) is 0 Å². The fourth-order valence-corrected chi connectivity index (χ4v) is 4.35. The molecule has 0 aliphatic rings. The third-order valence-corrected chi connectivity index (χ3v) is 6.98. The second kappa shape index (κ2) is 15.8. The van der Waals surface area contributed by atoms with Crippen LogP contribution in [0.15, 0.2) is 0 Å². The number of rotatable bonds is 18. The third kappa shape index (κ3) is 18.1. The summed E-state index contributed by atoms with van der Waals surface area (Å²) in [6, 6.07) is 0. The lowest BCUT2D eigenvalue weighted by Gasteiger charge is -2.27. The van der Waals surface area contributed by atoms with E-state index in [-0.39, 0.29) is 0 Å². The fourth-order valence-electron chi connectivity index (χ4n) is 4.35. The van der Waals surface area contributed by atoms with Crippen LogP contribution in [0.4, 0.5) is 0 Å². The molecule has 0 nitrogen and oxygen atoms in total. The average molecular weight is 395 g/mol. The minimum Gasteiger partial charge on any atom is -0.0628 e. The van der Waals surface area contributed by atoms with Crippen LogP contribution >= 0.6 is 0 Å². The monoisotopic (exact) mass is 394 g/mol. The summed E-state index contributed by atoms with van der Waals surface area (Å²) in [5, 5.41) is 0. The smallest absolute Gasteiger partial charge is 0.0354 e. The first kappa shape index (κ1) is 28.0. The number of hydrogen-bond acceptors (Lipinski definition) is 0. The largest absolute Gasteiger partial charge is 0.0628 e. The maximum Gasteiger partial charge on any atom is -0.0354 e. The van der Waals surface area contributed by atoms with Gasteiger partial charge in [0, 0.05) is 0 Å². The van der Waals surface area contributed by atoms with Crippen LogP contribution in [0.3, 0.4) is 0 Å². The molecule has 0 aromatic heterocycles. The quantitative estimate of drug-likeness (QED) is 0.203. The van der Waals surface area contributed by atoms with Gasteiger partial charge in [-0.3, -0.25) is 0 Å². The van der Waals surface area contributed by atoms with Crippen LogP contribution < -0.4 is 0 Å². The first-order valence-electron chi connectivity index (χ1n) is 13.0. The Balaban J connectivity index is 3.81. The van der Waals surface area contributed by atoms with Crippen molar-refractivity contribution in [2.24, 2.45) is 35.0 Å². The van der Waals surface area contributed by atoms with Crippen LogP contribution in [-0.2, 0) is 0 Å². The second-order valence-corrected chi connectivity index (χ2v) is 12.1. The van der Waals surface area contributed by atoms with Gasteiger partial charge in [0.05, 0.1) is 0 Å². The van der Waals surface area contributed by atoms with Crippen molar-refractivity contribution in [3.8, 4) is 0 Å². The van der Waals surface area contributed by atoms with Gasteiger partial charge in [-0.25, -0.2) is 0 Å². The summed E-state index contributed by atoms with van der Waals surface area (Å²) < 4.78 is 0. The number of hydrogen-bond donors (Lipinski definition) is 0. The van der Waals surface area contributed by atoms with Gasteiger partial charge in [-0.1, -0.05) is 133 Å². The summed E-state index contributed by atoms with van der Waals surface area (Å²) in [7, 11) is 0. The lowest BCUT2D eigenvalue weighted by molar-refractivity contribution is 0.255. The van der Waals surface area contributed by atoms with E-state index in [1.165, 1.54) is 83.5 Å². The summed E-state index contributed by atoms with van der Waals surface area (Å²) >= 11 is 0. The maximum atomic E-state index is 2.51. The van der Waals surface area contributed by atoms with E-state index in [0.717, 1.165) is 29.6 Å². The normalized spacial score (nSPS) is 16.0. The Bertz CT molecular complexity index is 338. The second-order valence-electron chi connectivity index (χ2n) is 12.1. The fraction of sp³-hybridized carbons (Fsp3) is 1.00. The molecular weight excluding hydrogens is 336 g/mol. The van der Waals surface area contributed by atoms with Crippen LogP contribution in [0.25, 0.3) is 0 Å². The van der Waals surface area contributed by atoms with Gasteiger partial charge in [-0.15, -0.1) is 0 Å². The van der Waals surface area contributed by atoms with E-state index in [9.17, 15) is 0 Å². The molecule has 0 fully saturated rings. The molecule has 0 aliphatic carbocycles. The molecule has 0 heterocycles. The highest BCUT2D eigenvalue weighted by molar-refractivity contribution is 4.71. The van der Waals surface area contributed by atoms with Crippen LogP contribution in [0.1, 0.15) is 146 Å². The van der Waals surface area contributed by atoms with Gasteiger partial charge in [-0.05, 0) is 47.8 Å². The Labute approximate surface area is 181 Å². The highest BCUT2D eigenvalue weighted by atomic mass is 14.2. The van der Waals surface area contributed by atoms with Crippen LogP contribution in [-0.4, -0.2) is 0 Å². The molecule has 3 unspecified atom stereocenters. The van der Waals surface area contributed by atoms with Crippen molar-refractivity contribution in [2.45, 2.75) is 146 Å². The van der Waals surface area contributed by atoms with E-state index in [1.54, 1.807) is 0 Å². The minimum atomic E-state index is 0.540. The summed E-state index contributed by atoms with van der Waals surface area (Å²) in [6.45, 7) is 21.8. The standard InChI is InChI=1S/C28H58/c1-23(2)13-12-15-26(6)18-19-27(7)20-22-28(8,9)21-11-10-14-25(5)17-16-24(3)4/h23-27H,10-22H2,1-9H3. The molecule has 0 spiro atoms. The maximum absolute atomic E-state index is 2.51. The highest BCUT2D eigenvalue weighted by Gasteiger charge is 2.19. The Kier molecular flexibility index (Phi) is 15.8. The van der Waals surface area contributed by atoms with Gasteiger partial charge >= 0.3 is 0 Å². The van der Waals surface area contributed by atoms with Crippen molar-refractivity contribution in [1.82, 2.24) is 0 Å². The molecule has 0 rings (SSSR count). The molecular formula is C28H58. The first-order valence-corrected chi connectivity index (χ1v) is 13.0. The van der Waals surface area contributed by atoms with Crippen LogP contribution in [0.2, 0.25) is 0 Å². The van der Waals surface area contributed by atoms with E-state index >= 15 is 0 Å². The molecule has 0 aromatic rings. The molecule has 0 bridgehead atoms. The van der Waals surface area contributed by atoms with Gasteiger partial charge < -0.3 is 0 Å². The van der Waals surface area contributed by atoms with E-state index in [1.807, 2.05) is 0 Å². The van der Waals surface area contributed by atoms with Crippen molar-refractivity contribution < 1.29 is 0 Å². The molecule has 0 N–H and O–H groups in total. The molecule has 0 heteroatoms. The van der Waals surface area contributed by atoms with Crippen molar-refractivity contribution in [2.75, 3.05) is 0 Å². The minimum absolute atomic E-state index is 0.540. The van der Waals surface area contributed by atoms with Crippen molar-refractivity contribution in [3.05, 3.63) is 0 Å². The molecule has 0 amide bonds. The lowest BCUT2D eigenvalue weighted by atomic mass is 9.79. The Morgan fingerprint density at radius 2 is 0.893 bits per heavy atom. The van der Waals surface area contributed by atoms with E-state index in [0.29, 0.717) is 5.41 Å². The Morgan fingerprint density at radius 1 is 0.429 bits per heavy atom. The zero-order chi connectivity index (χ0) is 21.6. The zero-order valence-corrected chi connectivity index (χ0v) is 21.6. The summed E-state index contributed by atoms with van der Waals surface area (Å²) in [5.74, 6) is 4.49. The molecule has 0 aliphatic heterocycles. The third-order valence-electron chi connectivity index (χ3n) is 6.98. The predicted molar refractivity (Wildman–Crippen MR) is 131 cm³/mol. The summed E-state index contributed by atoms with van der Waals surface area (Å²) in [5.41, 5.74) is 0.540. The van der Waals surface area contributed by atoms with Gasteiger partial charge in [0.1, 0.15) is 0 Å². The predicted octanol–water partition coefficient (Wildman–Crippen LogP) is 10.3. The topological polar surface area (TPSA) is 0 Å². The SMILES string of the molecule is CC(C)CCCC(C)CCC(C)CCC(C)(C)CCCCC(C)CCC(C)C. The Hall–Kier alpha value is 0. The molecule has 28 heavy (non-hydrogen) atoms. The average Bonchev–Trinajstić information content (AvgIpc) is 2.60. The van der Waals surface area contributed by atoms with Crippen LogP contribution in [0.5, 0.6) is 0 Å². The van der Waals surface area contributed by atoms with Crippen molar-refractivity contribution in [1.29, 1.82) is 0 Å². The van der Waals surface area contributed by atoms with E-state index in [2.05, 4.69) is 62.3 Å². The number of unbranched alkanes of at least 4 members (excludes halogenated alkanes) is 1. The molecule has 0 saturated heterocycles. The molecule has 170 valence electrons. The van der Waals surface area contributed by atoms with Crippen LogP contribution in [0, 0.1) is 35.0 Å². The lowest BCUT2D eigenvalue weighted by Crippen LogP contribution is -2.13. The Morgan fingerprint density at radius 3 is 1.43 bits per heavy atom. The van der Waals surface area contributed by atoms with E-state index in [4.69, 9.17) is 0 Å².